The van der Waals surface area contributed by atoms with Gasteiger partial charge in [0, 0.05) is 7.98 Å². The van der Waals surface area contributed by atoms with Crippen molar-refractivity contribution in [3.63, 3.8) is 0 Å². The van der Waals surface area contributed by atoms with Crippen molar-refractivity contribution in [1.29, 1.82) is 0 Å². The molecule has 0 aliphatic rings. The normalized spacial score (nSPS) is 13.7. The summed E-state index contributed by atoms with van der Waals surface area (Å²) in [6.07, 6.45) is 0. The fourth-order valence-corrected chi connectivity index (χ4v) is 1.26. The monoisotopic (exact) mass is 176 g/mol. The number of rotatable bonds is 3. The van der Waals surface area contributed by atoms with E-state index in [0.717, 1.165) is 0 Å². The van der Waals surface area contributed by atoms with E-state index in [0.29, 0.717) is 20.1 Å². The van der Waals surface area contributed by atoms with Gasteiger partial charge in [0.1, 0.15) is 0 Å². The molecular formula is C11H19BN-. The number of nitrogens with zero attached hydrogens (tertiary/aromatic N) is 1. The van der Waals surface area contributed by atoms with Gasteiger partial charge in [-0.3, -0.25) is 0 Å². The lowest BCUT2D eigenvalue weighted by atomic mass is 10.0. The van der Waals surface area contributed by atoms with Crippen molar-refractivity contribution in [2.45, 2.75) is 32.9 Å². The summed E-state index contributed by atoms with van der Waals surface area (Å²) in [7, 11) is 0.291. The Hall–Kier alpha value is -0.755. The zero-order chi connectivity index (χ0) is 9.84. The highest BCUT2D eigenvalue weighted by Crippen LogP contribution is 2.19. The van der Waals surface area contributed by atoms with Crippen molar-refractivity contribution in [1.82, 2.24) is 4.81 Å². The molecule has 1 unspecified atom stereocenters. The molecule has 0 aliphatic heterocycles. The van der Waals surface area contributed by atoms with E-state index in [1.807, 2.05) is 0 Å². The second-order valence-corrected chi connectivity index (χ2v) is 3.33. The molecule has 0 amide bonds. The van der Waals surface area contributed by atoms with Crippen LogP contribution >= 0.6 is 0 Å². The van der Waals surface area contributed by atoms with Gasteiger partial charge in [0.2, 0.25) is 0 Å². The second kappa shape index (κ2) is 4.47. The summed E-state index contributed by atoms with van der Waals surface area (Å²) in [4.78, 5) is 2.62. The number of hydrogen-bond donors (Lipinski definition) is 0. The van der Waals surface area contributed by atoms with Crippen molar-refractivity contribution in [3.05, 3.63) is 35.9 Å². The minimum atomic E-state index is 0.291. The van der Waals surface area contributed by atoms with Gasteiger partial charge in [0.15, 0.2) is 0 Å². The molecule has 0 fully saturated rings. The van der Waals surface area contributed by atoms with Gasteiger partial charge in [0.25, 0.3) is 0 Å². The Balaban J connectivity index is 2.73. The van der Waals surface area contributed by atoms with Crippen LogP contribution in [0.25, 0.3) is 0 Å². The fourth-order valence-electron chi connectivity index (χ4n) is 1.26. The molecule has 0 aliphatic carbocycles. The van der Waals surface area contributed by atoms with E-state index in [4.69, 9.17) is 0 Å². The molecule has 72 valence electrons. The highest BCUT2D eigenvalue weighted by molar-refractivity contribution is 6.04. The summed E-state index contributed by atoms with van der Waals surface area (Å²) in [6, 6.07) is 12.1. The molecule has 0 aromatic heterocycles. The first kappa shape index (κ1) is 10.3. The molecule has 13 heavy (non-hydrogen) atoms. The Labute approximate surface area is 82.2 Å². The molecular weight excluding hydrogens is 157 g/mol. The Bertz CT molecular complexity index is 246. The predicted octanol–water partition coefficient (Wildman–Crippen LogP) is 1.74. The lowest BCUT2D eigenvalue weighted by Crippen LogP contribution is -2.30. The predicted molar refractivity (Wildman–Crippen MR) is 61.8 cm³/mol. The molecule has 0 saturated heterocycles. The Morgan fingerprint density at radius 1 is 1.08 bits per heavy atom. The minimum absolute atomic E-state index is 0.291. The van der Waals surface area contributed by atoms with Gasteiger partial charge in [-0.15, -0.1) is 0 Å². The average molecular weight is 176 g/mol. The van der Waals surface area contributed by atoms with Crippen molar-refractivity contribution >= 4 is 7.98 Å². The van der Waals surface area contributed by atoms with Crippen LogP contribution in [0.15, 0.2) is 30.3 Å². The summed E-state index contributed by atoms with van der Waals surface area (Å²) in [5.41, 5.74) is 1.45. The number of hydrogen-bond acceptors (Lipinski definition) is 1. The minimum Gasteiger partial charge on any atom is -0.476 e. The molecule has 1 aromatic carbocycles. The van der Waals surface area contributed by atoms with Gasteiger partial charge in [-0.05, 0) is 24.6 Å². The molecule has 0 spiro atoms. The van der Waals surface area contributed by atoms with E-state index in [1.165, 1.54) is 5.56 Å². The summed E-state index contributed by atoms with van der Waals surface area (Å²) in [5.74, 6) is 0. The van der Waals surface area contributed by atoms with E-state index in [1.54, 1.807) is 0 Å². The van der Waals surface area contributed by atoms with E-state index in [9.17, 15) is 0 Å². The van der Waals surface area contributed by atoms with Gasteiger partial charge < -0.3 is 4.81 Å². The fraction of sp³-hybridized carbons (Fsp3) is 0.455. The van der Waals surface area contributed by atoms with E-state index in [2.05, 4.69) is 55.9 Å². The summed E-state index contributed by atoms with van der Waals surface area (Å²) < 4.78 is 0. The van der Waals surface area contributed by atoms with Crippen LogP contribution in [-0.2, 0) is 0 Å². The summed E-state index contributed by atoms with van der Waals surface area (Å²) in [5, 5.41) is 0. The van der Waals surface area contributed by atoms with Gasteiger partial charge in [-0.25, -0.2) is 0 Å². The van der Waals surface area contributed by atoms with Crippen LogP contribution in [0.5, 0.6) is 0 Å². The summed E-state index contributed by atoms with van der Waals surface area (Å²) >= 11 is 0. The van der Waals surface area contributed by atoms with Crippen LogP contribution in [0.4, 0.5) is 0 Å². The van der Waals surface area contributed by atoms with Crippen LogP contribution in [0.2, 0.25) is 0 Å². The van der Waals surface area contributed by atoms with Crippen molar-refractivity contribution in [3.8, 4) is 0 Å². The third kappa shape index (κ3) is 2.59. The summed E-state index contributed by atoms with van der Waals surface area (Å²) in [6.45, 7) is 6.88. The largest absolute Gasteiger partial charge is 0.476 e. The highest BCUT2D eigenvalue weighted by atomic mass is 15.1. The van der Waals surface area contributed by atoms with E-state index < -0.39 is 0 Å². The van der Waals surface area contributed by atoms with Gasteiger partial charge in [-0.1, -0.05) is 44.2 Å². The molecule has 1 atom stereocenters. The second-order valence-electron chi connectivity index (χ2n) is 3.33. The standard InChI is InChI=1S/C11H19BN/c1-9(2)13(12)10(3)11-7-5-4-6-8-11/h4-10H,1-3,12H3/q-1. The lowest BCUT2D eigenvalue weighted by Gasteiger charge is -2.35. The third-order valence-corrected chi connectivity index (χ3v) is 1.80. The topological polar surface area (TPSA) is 3.24 Å². The van der Waals surface area contributed by atoms with Crippen LogP contribution in [0.3, 0.4) is 0 Å². The van der Waals surface area contributed by atoms with Crippen LogP contribution in [0, 0.1) is 0 Å². The molecule has 0 heterocycles. The van der Waals surface area contributed by atoms with Crippen LogP contribution in [0.1, 0.15) is 32.4 Å². The highest BCUT2D eigenvalue weighted by Gasteiger charge is 2.08. The first-order chi connectivity index (χ1) is 6.13. The van der Waals surface area contributed by atoms with Crippen LogP contribution < -0.4 is 0 Å². The zero-order valence-corrected chi connectivity index (χ0v) is 7.99. The number of benzene rings is 1. The molecule has 1 aromatic rings. The molecule has 1 rings (SSSR count). The molecule has 2 heteroatoms. The first-order valence-electron chi connectivity index (χ1n) is 4.45. The molecule has 0 bridgehead atoms. The maximum atomic E-state index is 2.62. The smallest absolute Gasteiger partial charge is 0.0155 e. The first-order valence-corrected chi connectivity index (χ1v) is 4.45. The van der Waals surface area contributed by atoms with Crippen molar-refractivity contribution < 1.29 is 0 Å². The quantitative estimate of drug-likeness (QED) is 0.634. The Morgan fingerprint density at radius 2 is 1.62 bits per heavy atom. The maximum Gasteiger partial charge on any atom is 0.0155 e. The molecule has 0 saturated carbocycles. The average Bonchev–Trinajstić information content (AvgIpc) is 2.17. The van der Waals surface area contributed by atoms with Gasteiger partial charge in [-0.2, -0.15) is 0 Å². The zero-order valence-electron chi connectivity index (χ0n) is 7.99. The van der Waals surface area contributed by atoms with Crippen molar-refractivity contribution in [2.24, 2.45) is 0 Å². The Morgan fingerprint density at radius 3 is 2.08 bits per heavy atom. The van der Waals surface area contributed by atoms with Gasteiger partial charge in [0.05, 0.1) is 0 Å². The molecule has 1 nitrogen and oxygen atoms in total. The van der Waals surface area contributed by atoms with Crippen molar-refractivity contribution in [2.75, 3.05) is 0 Å². The van der Waals surface area contributed by atoms with E-state index in [-0.39, 0.29) is 0 Å². The van der Waals surface area contributed by atoms with E-state index >= 15 is 0 Å². The SMILES string of the molecule is [BH3-]N(C(C)C)C(C)c1ccccc1. The Kier molecular flexibility index (Phi) is 3.55. The van der Waals surface area contributed by atoms with Crippen LogP contribution in [-0.4, -0.2) is 18.8 Å². The molecule has 0 radical (unpaired) electrons. The third-order valence-electron chi connectivity index (χ3n) is 1.80. The maximum absolute atomic E-state index is 2.62. The molecule has 0 N–H and O–H groups in total. The van der Waals surface area contributed by atoms with Gasteiger partial charge >= 0.3 is 0 Å². The lowest BCUT2D eigenvalue weighted by molar-refractivity contribution is 0.308.